The smallest absolute Gasteiger partial charge is 0.280 e. The van der Waals surface area contributed by atoms with Crippen LogP contribution in [0.2, 0.25) is 0 Å². The van der Waals surface area contributed by atoms with Gasteiger partial charge in [0.15, 0.2) is 11.7 Å². The van der Waals surface area contributed by atoms with Crippen molar-refractivity contribution >= 4 is 40.3 Å². The Hall–Kier alpha value is -5.55. The maximum Gasteiger partial charge on any atom is 0.280 e. The lowest BCUT2D eigenvalue weighted by molar-refractivity contribution is -0.384. The number of aromatic nitrogens is 1. The number of furan rings is 1. The number of carbonyl (C=O) groups is 1. The highest BCUT2D eigenvalue weighted by Crippen LogP contribution is 2.43. The summed E-state index contributed by atoms with van der Waals surface area (Å²) in [5.74, 6) is 1.24. The maximum atomic E-state index is 12.5. The molecule has 0 radical (unpaired) electrons. The Morgan fingerprint density at radius 2 is 1.72 bits per heavy atom. The van der Waals surface area contributed by atoms with Gasteiger partial charge in [-0.1, -0.05) is 36.4 Å². The van der Waals surface area contributed by atoms with Gasteiger partial charge in [-0.05, 0) is 78.9 Å². The summed E-state index contributed by atoms with van der Waals surface area (Å²) in [5.41, 5.74) is 2.43. The first-order chi connectivity index (χ1) is 21.0. The van der Waals surface area contributed by atoms with E-state index in [1.807, 2.05) is 53.4 Å². The molecule has 1 saturated heterocycles. The van der Waals surface area contributed by atoms with Crippen molar-refractivity contribution in [3.63, 3.8) is 0 Å². The van der Waals surface area contributed by atoms with Crippen molar-refractivity contribution < 1.29 is 18.9 Å². The lowest BCUT2D eigenvalue weighted by Crippen LogP contribution is -2.29. The number of hydrogen-bond acceptors (Lipinski definition) is 7. The Balaban J connectivity index is 1.27. The number of nitro groups is 1. The number of benzene rings is 3. The predicted molar refractivity (Wildman–Crippen MR) is 166 cm³/mol. The van der Waals surface area contributed by atoms with Crippen LogP contribution < -0.4 is 20.3 Å². The van der Waals surface area contributed by atoms with Crippen LogP contribution in [0.5, 0.6) is 5.75 Å². The fourth-order valence-electron chi connectivity index (χ4n) is 4.99. The van der Waals surface area contributed by atoms with E-state index in [4.69, 9.17) is 21.4 Å². The highest BCUT2D eigenvalue weighted by Gasteiger charge is 2.42. The lowest BCUT2D eigenvalue weighted by Gasteiger charge is -2.26. The number of carbonyl (C=O) groups excluding carboxylic acids is 1. The summed E-state index contributed by atoms with van der Waals surface area (Å²) in [4.78, 5) is 30.2. The molecule has 0 saturated carbocycles. The molecule has 0 aliphatic carbocycles. The molecule has 6 rings (SSSR count). The predicted octanol–water partition coefficient (Wildman–Crippen LogP) is 6.44. The van der Waals surface area contributed by atoms with Crippen LogP contribution in [0.1, 0.15) is 23.5 Å². The van der Waals surface area contributed by atoms with E-state index in [1.165, 1.54) is 6.07 Å². The Morgan fingerprint density at radius 1 is 0.977 bits per heavy atom. The molecule has 2 aromatic heterocycles. The van der Waals surface area contributed by atoms with Gasteiger partial charge in [-0.15, -0.1) is 0 Å². The molecule has 5 aromatic rings. The summed E-state index contributed by atoms with van der Waals surface area (Å²) in [6, 6.07) is 31.2. The Labute approximate surface area is 252 Å². The number of hydrogen-bond donors (Lipinski definition) is 2. The number of nitrogens with one attached hydrogen (secondary N) is 2. The third-order valence-corrected chi connectivity index (χ3v) is 7.24. The van der Waals surface area contributed by atoms with Gasteiger partial charge in [0.1, 0.15) is 23.3 Å². The van der Waals surface area contributed by atoms with Crippen molar-refractivity contribution in [3.05, 3.63) is 137 Å². The van der Waals surface area contributed by atoms with E-state index in [0.29, 0.717) is 33.6 Å². The standard InChI is InChI=1S/C32H25N5O5S/c38-29(20-41-23-8-2-1-3-9-23)34-21-13-15-22(16-14-21)36-31(30(35-32(36)43)25-11-6-7-19-33-25)28-18-17-27(42-28)24-10-4-5-12-26(24)37(39)40/h1-19,30-31H,20H2,(H,34,38)(H,35,43)/t30-,31+/m1/s1. The fraction of sp³-hybridized carbons (Fsp3) is 0.0938. The van der Waals surface area contributed by atoms with Crippen LogP contribution in [0.3, 0.4) is 0 Å². The third kappa shape index (κ3) is 5.92. The monoisotopic (exact) mass is 591 g/mol. The topological polar surface area (TPSA) is 123 Å². The van der Waals surface area contributed by atoms with Crippen LogP contribution in [-0.2, 0) is 4.79 Å². The van der Waals surface area contributed by atoms with Gasteiger partial charge >= 0.3 is 0 Å². The number of pyridine rings is 1. The van der Waals surface area contributed by atoms with Gasteiger partial charge in [-0.3, -0.25) is 19.9 Å². The van der Waals surface area contributed by atoms with E-state index >= 15 is 0 Å². The number of nitro benzene ring substituents is 1. The average Bonchev–Trinajstić information content (AvgIpc) is 3.66. The van der Waals surface area contributed by atoms with Gasteiger partial charge in [-0.2, -0.15) is 0 Å². The van der Waals surface area contributed by atoms with Gasteiger partial charge in [0, 0.05) is 23.6 Å². The third-order valence-electron chi connectivity index (χ3n) is 6.92. The number of anilines is 2. The molecule has 1 aliphatic heterocycles. The molecule has 0 unspecified atom stereocenters. The van der Waals surface area contributed by atoms with Gasteiger partial charge in [0.05, 0.1) is 22.2 Å². The molecule has 214 valence electrons. The zero-order valence-electron chi connectivity index (χ0n) is 22.6. The zero-order valence-corrected chi connectivity index (χ0v) is 23.4. The summed E-state index contributed by atoms with van der Waals surface area (Å²) in [5, 5.41) is 18.3. The number of amides is 1. The number of thiocarbonyl (C=S) groups is 1. The summed E-state index contributed by atoms with van der Waals surface area (Å²) in [7, 11) is 0. The summed E-state index contributed by atoms with van der Waals surface area (Å²) >= 11 is 5.79. The van der Waals surface area contributed by atoms with E-state index in [2.05, 4.69) is 15.6 Å². The molecule has 11 heteroatoms. The number of rotatable bonds is 9. The molecule has 10 nitrogen and oxygen atoms in total. The maximum absolute atomic E-state index is 12.5. The van der Waals surface area contributed by atoms with Gasteiger partial charge in [0.2, 0.25) is 0 Å². The molecule has 2 atom stereocenters. The van der Waals surface area contributed by atoms with E-state index in [1.54, 1.807) is 60.8 Å². The second kappa shape index (κ2) is 12.1. The first-order valence-corrected chi connectivity index (χ1v) is 13.8. The minimum Gasteiger partial charge on any atom is -0.484 e. The van der Waals surface area contributed by atoms with Crippen molar-refractivity contribution in [3.8, 4) is 17.1 Å². The Morgan fingerprint density at radius 3 is 2.47 bits per heavy atom. The number of para-hydroxylation sites is 2. The first-order valence-electron chi connectivity index (χ1n) is 13.4. The highest BCUT2D eigenvalue weighted by atomic mass is 32.1. The van der Waals surface area contributed by atoms with E-state index in [9.17, 15) is 14.9 Å². The van der Waals surface area contributed by atoms with Crippen molar-refractivity contribution in [2.75, 3.05) is 16.8 Å². The zero-order chi connectivity index (χ0) is 29.8. The average molecular weight is 592 g/mol. The second-order valence-electron chi connectivity index (χ2n) is 9.67. The minimum atomic E-state index is -0.460. The molecule has 2 N–H and O–H groups in total. The van der Waals surface area contributed by atoms with Crippen LogP contribution in [0.25, 0.3) is 11.3 Å². The van der Waals surface area contributed by atoms with E-state index in [-0.39, 0.29) is 24.2 Å². The summed E-state index contributed by atoms with van der Waals surface area (Å²) < 4.78 is 11.8. The molecule has 1 aliphatic rings. The van der Waals surface area contributed by atoms with Crippen molar-refractivity contribution in [1.82, 2.24) is 10.3 Å². The SMILES string of the molecule is O=C(COc1ccccc1)Nc1ccc(N2C(=S)N[C@H](c3ccccn3)[C@@H]2c2ccc(-c3ccccc3[N+](=O)[O-])o2)cc1. The molecule has 3 heterocycles. The Kier molecular flexibility index (Phi) is 7.79. The molecule has 3 aromatic carbocycles. The fourth-order valence-corrected chi connectivity index (χ4v) is 5.33. The highest BCUT2D eigenvalue weighted by molar-refractivity contribution is 7.80. The van der Waals surface area contributed by atoms with Gasteiger partial charge < -0.3 is 24.7 Å². The van der Waals surface area contributed by atoms with Gasteiger partial charge in [0.25, 0.3) is 11.6 Å². The van der Waals surface area contributed by atoms with Crippen molar-refractivity contribution in [1.29, 1.82) is 0 Å². The first kappa shape index (κ1) is 27.6. The quantitative estimate of drug-likeness (QED) is 0.113. The molecule has 0 spiro atoms. The van der Waals surface area contributed by atoms with Crippen molar-refractivity contribution in [2.24, 2.45) is 0 Å². The molecule has 0 bridgehead atoms. The molecule has 1 amide bonds. The van der Waals surface area contributed by atoms with Crippen LogP contribution in [0.4, 0.5) is 17.1 Å². The molecular weight excluding hydrogens is 566 g/mol. The van der Waals surface area contributed by atoms with Crippen LogP contribution in [0, 0.1) is 10.1 Å². The molecule has 43 heavy (non-hydrogen) atoms. The normalized spacial score (nSPS) is 16.0. The number of nitrogens with zero attached hydrogens (tertiary/aromatic N) is 3. The summed E-state index contributed by atoms with van der Waals surface area (Å²) in [6.07, 6.45) is 1.71. The molecular formula is C32H25N5O5S. The largest absolute Gasteiger partial charge is 0.484 e. The van der Waals surface area contributed by atoms with Crippen molar-refractivity contribution in [2.45, 2.75) is 12.1 Å². The Bertz CT molecular complexity index is 1760. The van der Waals surface area contributed by atoms with E-state index < -0.39 is 11.0 Å². The molecule has 1 fully saturated rings. The lowest BCUT2D eigenvalue weighted by atomic mass is 10.0. The van der Waals surface area contributed by atoms with E-state index in [0.717, 1.165) is 11.4 Å². The van der Waals surface area contributed by atoms with Gasteiger partial charge in [-0.25, -0.2) is 0 Å². The minimum absolute atomic E-state index is 0.0478. The second-order valence-corrected chi connectivity index (χ2v) is 10.1. The van der Waals surface area contributed by atoms with Crippen LogP contribution in [-0.4, -0.2) is 27.5 Å². The van der Waals surface area contributed by atoms with Crippen LogP contribution >= 0.6 is 12.2 Å². The van der Waals surface area contributed by atoms with Crippen LogP contribution in [0.15, 0.2) is 120 Å². The summed E-state index contributed by atoms with van der Waals surface area (Å²) in [6.45, 7) is -0.125. The number of ether oxygens (including phenoxy) is 1.